The van der Waals surface area contributed by atoms with Crippen molar-refractivity contribution in [2.75, 3.05) is 0 Å². The van der Waals surface area contributed by atoms with Crippen molar-refractivity contribution in [2.24, 2.45) is 10.9 Å². The fourth-order valence-electron chi connectivity index (χ4n) is 3.14. The zero-order valence-corrected chi connectivity index (χ0v) is 14.7. The van der Waals surface area contributed by atoms with Crippen LogP contribution in [0.1, 0.15) is 70.3 Å². The molecule has 0 saturated heterocycles. The summed E-state index contributed by atoms with van der Waals surface area (Å²) >= 11 is 0. The van der Waals surface area contributed by atoms with E-state index in [9.17, 15) is 0 Å². The van der Waals surface area contributed by atoms with Gasteiger partial charge in [0.05, 0.1) is 5.69 Å². The number of aryl methyl sites for hydroxylation is 1. The maximum Gasteiger partial charge on any atom is 0.0629 e. The second kappa shape index (κ2) is 10.2. The summed E-state index contributed by atoms with van der Waals surface area (Å²) in [5.41, 5.74) is 3.72. The molecule has 0 aliphatic heterocycles. The minimum atomic E-state index is 0. The Morgan fingerprint density at radius 1 is 0.857 bits per heavy atom. The first-order chi connectivity index (χ1) is 9.75. The van der Waals surface area contributed by atoms with Crippen LogP contribution in [-0.4, -0.2) is 5.71 Å². The normalized spacial score (nSPS) is 18.9. The van der Waals surface area contributed by atoms with Gasteiger partial charge < -0.3 is 0 Å². The van der Waals surface area contributed by atoms with Gasteiger partial charge in [-0.2, -0.15) is 0 Å². The molecule has 2 heteroatoms. The molecule has 2 aliphatic carbocycles. The van der Waals surface area contributed by atoms with Crippen LogP contribution in [0.2, 0.25) is 0 Å². The molecule has 118 valence electrons. The van der Waals surface area contributed by atoms with Crippen molar-refractivity contribution >= 4 is 11.4 Å². The molecular formula is C19H29FeN. The molecule has 1 aromatic carbocycles. The molecule has 0 unspecified atom stereocenters. The minimum Gasteiger partial charge on any atom is -0.258 e. The van der Waals surface area contributed by atoms with E-state index in [1.807, 2.05) is 0 Å². The van der Waals surface area contributed by atoms with E-state index in [0.29, 0.717) is 0 Å². The average molecular weight is 327 g/mol. The van der Waals surface area contributed by atoms with Crippen molar-refractivity contribution in [3.63, 3.8) is 0 Å². The van der Waals surface area contributed by atoms with Crippen LogP contribution in [0.4, 0.5) is 5.69 Å². The smallest absolute Gasteiger partial charge is 0.0629 e. The SMILES string of the molecule is C1CCCC1.CC(=Nc1ccc(C)cc1)C1CCCC1.[Fe]. The predicted octanol–water partition coefficient (Wildman–Crippen LogP) is 6.23. The minimum absolute atomic E-state index is 0. The van der Waals surface area contributed by atoms with E-state index in [1.165, 1.54) is 69.1 Å². The molecule has 1 aromatic rings. The summed E-state index contributed by atoms with van der Waals surface area (Å²) in [5.74, 6) is 0.742. The maximum absolute atomic E-state index is 4.70. The summed E-state index contributed by atoms with van der Waals surface area (Å²) < 4.78 is 0. The van der Waals surface area contributed by atoms with Crippen LogP contribution in [0.5, 0.6) is 0 Å². The quantitative estimate of drug-likeness (QED) is 0.451. The van der Waals surface area contributed by atoms with Gasteiger partial charge in [0.1, 0.15) is 0 Å². The molecule has 0 atom stereocenters. The van der Waals surface area contributed by atoms with Crippen molar-refractivity contribution < 1.29 is 17.1 Å². The van der Waals surface area contributed by atoms with Crippen molar-refractivity contribution in [1.82, 2.24) is 0 Å². The molecular weight excluding hydrogens is 298 g/mol. The van der Waals surface area contributed by atoms with Crippen LogP contribution in [-0.2, 0) is 17.1 Å². The summed E-state index contributed by atoms with van der Waals surface area (Å²) in [7, 11) is 0. The number of rotatable bonds is 2. The largest absolute Gasteiger partial charge is 0.258 e. The Morgan fingerprint density at radius 2 is 1.33 bits per heavy atom. The average Bonchev–Trinajstić information content (AvgIpc) is 3.17. The van der Waals surface area contributed by atoms with E-state index in [0.717, 1.165) is 11.6 Å². The maximum atomic E-state index is 4.70. The molecule has 2 fully saturated rings. The molecule has 0 aromatic heterocycles. The second-order valence-corrected chi connectivity index (χ2v) is 6.34. The number of benzene rings is 1. The molecule has 0 N–H and O–H groups in total. The van der Waals surface area contributed by atoms with E-state index >= 15 is 0 Å². The fourth-order valence-corrected chi connectivity index (χ4v) is 3.14. The van der Waals surface area contributed by atoms with Gasteiger partial charge in [-0.3, -0.25) is 4.99 Å². The van der Waals surface area contributed by atoms with Crippen molar-refractivity contribution in [3.8, 4) is 0 Å². The van der Waals surface area contributed by atoms with Crippen molar-refractivity contribution in [2.45, 2.75) is 71.6 Å². The van der Waals surface area contributed by atoms with Gasteiger partial charge in [0.15, 0.2) is 0 Å². The van der Waals surface area contributed by atoms with E-state index in [-0.39, 0.29) is 17.1 Å². The first kappa shape index (κ1) is 18.5. The van der Waals surface area contributed by atoms with Crippen molar-refractivity contribution in [1.29, 1.82) is 0 Å². The first-order valence-electron chi connectivity index (χ1n) is 8.37. The Balaban J connectivity index is 0.000000313. The Hall–Kier alpha value is -0.591. The molecule has 3 rings (SSSR count). The van der Waals surface area contributed by atoms with Crippen LogP contribution < -0.4 is 0 Å². The van der Waals surface area contributed by atoms with Gasteiger partial charge >= 0.3 is 0 Å². The summed E-state index contributed by atoms with van der Waals surface area (Å²) in [6.07, 6.45) is 12.9. The Morgan fingerprint density at radius 3 is 1.81 bits per heavy atom. The number of hydrogen-bond acceptors (Lipinski definition) is 1. The van der Waals surface area contributed by atoms with Crippen molar-refractivity contribution in [3.05, 3.63) is 29.8 Å². The standard InChI is InChI=1S/C14H19N.C5H10.Fe/c1-11-7-9-14(10-8-11)15-12(2)13-5-3-4-6-13;1-2-4-5-3-1;/h7-10,13H,3-6H2,1-2H3;1-5H2;. The summed E-state index contributed by atoms with van der Waals surface area (Å²) in [6, 6.07) is 8.46. The van der Waals surface area contributed by atoms with Gasteiger partial charge in [0, 0.05) is 22.8 Å². The third-order valence-electron chi connectivity index (χ3n) is 4.54. The third kappa shape index (κ3) is 6.80. The molecule has 0 spiro atoms. The zero-order chi connectivity index (χ0) is 14.2. The Kier molecular flexibility index (Phi) is 8.96. The zero-order valence-electron chi connectivity index (χ0n) is 13.6. The van der Waals surface area contributed by atoms with E-state index in [2.05, 4.69) is 38.1 Å². The molecule has 2 saturated carbocycles. The first-order valence-corrected chi connectivity index (χ1v) is 8.37. The van der Waals surface area contributed by atoms with Gasteiger partial charge in [0.25, 0.3) is 0 Å². The van der Waals surface area contributed by atoms with Gasteiger partial charge in [-0.1, -0.05) is 62.6 Å². The fraction of sp³-hybridized carbons (Fsp3) is 0.632. The topological polar surface area (TPSA) is 12.4 Å². The van der Waals surface area contributed by atoms with Crippen LogP contribution in [0.25, 0.3) is 0 Å². The van der Waals surface area contributed by atoms with Gasteiger partial charge in [-0.15, -0.1) is 0 Å². The summed E-state index contributed by atoms with van der Waals surface area (Å²) in [4.78, 5) is 4.70. The second-order valence-electron chi connectivity index (χ2n) is 6.34. The van der Waals surface area contributed by atoms with Crippen LogP contribution in [0.3, 0.4) is 0 Å². The Bertz CT molecular complexity index is 404. The monoisotopic (exact) mass is 327 g/mol. The van der Waals surface area contributed by atoms with Crippen LogP contribution in [0.15, 0.2) is 29.3 Å². The molecule has 0 amide bonds. The number of nitrogens with zero attached hydrogens (tertiary/aromatic N) is 1. The third-order valence-corrected chi connectivity index (χ3v) is 4.54. The number of hydrogen-bond donors (Lipinski definition) is 0. The molecule has 0 bridgehead atoms. The molecule has 2 aliphatic rings. The summed E-state index contributed by atoms with van der Waals surface area (Å²) in [6.45, 7) is 4.28. The van der Waals surface area contributed by atoms with Gasteiger partial charge in [-0.25, -0.2) is 0 Å². The molecule has 0 radical (unpaired) electrons. The van der Waals surface area contributed by atoms with Crippen LogP contribution >= 0.6 is 0 Å². The van der Waals surface area contributed by atoms with E-state index < -0.39 is 0 Å². The number of aliphatic imine (C=N–C) groups is 1. The molecule has 21 heavy (non-hydrogen) atoms. The predicted molar refractivity (Wildman–Crippen MR) is 89.0 cm³/mol. The van der Waals surface area contributed by atoms with Crippen LogP contribution in [0, 0.1) is 12.8 Å². The Labute approximate surface area is 141 Å². The van der Waals surface area contributed by atoms with Gasteiger partial charge in [0.2, 0.25) is 0 Å². The summed E-state index contributed by atoms with van der Waals surface area (Å²) in [5, 5.41) is 0. The molecule has 0 heterocycles. The van der Waals surface area contributed by atoms with E-state index in [4.69, 9.17) is 4.99 Å². The van der Waals surface area contributed by atoms with E-state index in [1.54, 1.807) is 0 Å². The van der Waals surface area contributed by atoms with Gasteiger partial charge in [-0.05, 0) is 44.7 Å². The molecule has 1 nitrogen and oxygen atoms in total.